The van der Waals surface area contributed by atoms with Crippen LogP contribution >= 0.6 is 11.6 Å². The number of sulfonamides is 1. The van der Waals surface area contributed by atoms with Gasteiger partial charge in [-0.2, -0.15) is 4.31 Å². The lowest BCUT2D eigenvalue weighted by Crippen LogP contribution is -2.41. The summed E-state index contributed by atoms with van der Waals surface area (Å²) in [5.74, 6) is -1.30. The van der Waals surface area contributed by atoms with Crippen LogP contribution in [0.15, 0.2) is 29.7 Å². The van der Waals surface area contributed by atoms with Gasteiger partial charge in [-0.25, -0.2) is 8.42 Å². The molecule has 2 rings (SSSR count). The Morgan fingerprint density at radius 1 is 1.38 bits per heavy atom. The topological polar surface area (TPSA) is 74.7 Å². The molecule has 21 heavy (non-hydrogen) atoms. The number of aliphatic carboxylic acids is 1. The second-order valence-electron chi connectivity index (χ2n) is 5.06. The molecule has 5 nitrogen and oxygen atoms in total. The quantitative estimate of drug-likeness (QED) is 0.920. The maximum Gasteiger partial charge on any atom is 0.322 e. The first kappa shape index (κ1) is 16.0. The third kappa shape index (κ3) is 3.64. The van der Waals surface area contributed by atoms with Gasteiger partial charge in [0, 0.05) is 17.0 Å². The van der Waals surface area contributed by atoms with Crippen LogP contribution in [0.4, 0.5) is 0 Å². The Morgan fingerprint density at radius 3 is 2.57 bits per heavy atom. The fourth-order valence-electron chi connectivity index (χ4n) is 2.38. The SMILES string of the molecule is CC1CCN(S(=O)(=O)/C=C/c2ccc(Cl)cc2)C1C(=O)O. The summed E-state index contributed by atoms with van der Waals surface area (Å²) in [6.45, 7) is 1.97. The minimum atomic E-state index is -3.76. The fourth-order valence-corrected chi connectivity index (χ4v) is 3.97. The second-order valence-corrected chi connectivity index (χ2v) is 7.27. The van der Waals surface area contributed by atoms with E-state index in [1.54, 1.807) is 31.2 Å². The third-order valence-corrected chi connectivity index (χ3v) is 5.33. The summed E-state index contributed by atoms with van der Waals surface area (Å²) in [4.78, 5) is 11.2. The van der Waals surface area contributed by atoms with Crippen molar-refractivity contribution in [2.45, 2.75) is 19.4 Å². The van der Waals surface area contributed by atoms with E-state index in [-0.39, 0.29) is 12.5 Å². The van der Waals surface area contributed by atoms with Crippen molar-refractivity contribution in [3.8, 4) is 0 Å². The number of hydrogen-bond donors (Lipinski definition) is 1. The lowest BCUT2D eigenvalue weighted by atomic mass is 10.0. The molecule has 2 atom stereocenters. The summed E-state index contributed by atoms with van der Waals surface area (Å²) in [6.07, 6.45) is 1.98. The van der Waals surface area contributed by atoms with Gasteiger partial charge >= 0.3 is 5.97 Å². The first-order valence-corrected chi connectivity index (χ1v) is 8.37. The predicted octanol–water partition coefficient (Wildman–Crippen LogP) is 2.44. The van der Waals surface area contributed by atoms with E-state index in [4.69, 9.17) is 11.6 Å². The summed E-state index contributed by atoms with van der Waals surface area (Å²) < 4.78 is 25.6. The average Bonchev–Trinajstić information content (AvgIpc) is 2.81. The first-order valence-electron chi connectivity index (χ1n) is 6.49. The van der Waals surface area contributed by atoms with Gasteiger partial charge < -0.3 is 5.11 Å². The highest BCUT2D eigenvalue weighted by Crippen LogP contribution is 2.27. The summed E-state index contributed by atoms with van der Waals surface area (Å²) in [6, 6.07) is 5.70. The Kier molecular flexibility index (Phi) is 4.70. The maximum absolute atomic E-state index is 12.3. The van der Waals surface area contributed by atoms with Crippen LogP contribution in [-0.4, -0.2) is 36.4 Å². The van der Waals surface area contributed by atoms with Crippen LogP contribution in [0.2, 0.25) is 5.02 Å². The Hall–Kier alpha value is -1.37. The minimum absolute atomic E-state index is 0.193. The zero-order chi connectivity index (χ0) is 15.6. The lowest BCUT2D eigenvalue weighted by Gasteiger charge is -2.20. The maximum atomic E-state index is 12.3. The number of carbonyl (C=O) groups is 1. The second kappa shape index (κ2) is 6.17. The summed E-state index contributed by atoms with van der Waals surface area (Å²) in [5.41, 5.74) is 0.682. The molecule has 114 valence electrons. The zero-order valence-corrected chi connectivity index (χ0v) is 13.0. The molecule has 1 aliphatic heterocycles. The molecule has 1 fully saturated rings. The lowest BCUT2D eigenvalue weighted by molar-refractivity contribution is -0.141. The highest BCUT2D eigenvalue weighted by molar-refractivity contribution is 7.92. The van der Waals surface area contributed by atoms with Crippen LogP contribution in [0.3, 0.4) is 0 Å². The predicted molar refractivity (Wildman–Crippen MR) is 81.3 cm³/mol. The highest BCUT2D eigenvalue weighted by Gasteiger charge is 2.42. The largest absolute Gasteiger partial charge is 0.480 e. The number of halogens is 1. The van der Waals surface area contributed by atoms with Crippen LogP contribution < -0.4 is 0 Å². The number of carboxylic acids is 1. The first-order chi connectivity index (χ1) is 9.81. The number of rotatable bonds is 4. The van der Waals surface area contributed by atoms with Crippen LogP contribution in [0.25, 0.3) is 6.08 Å². The number of benzene rings is 1. The van der Waals surface area contributed by atoms with Crippen molar-refractivity contribution < 1.29 is 18.3 Å². The summed E-state index contributed by atoms with van der Waals surface area (Å²) in [5, 5.41) is 10.8. The minimum Gasteiger partial charge on any atom is -0.480 e. The van der Waals surface area contributed by atoms with Crippen molar-refractivity contribution in [3.63, 3.8) is 0 Å². The number of hydrogen-bond acceptors (Lipinski definition) is 3. The third-order valence-electron chi connectivity index (χ3n) is 3.54. The molecule has 1 aliphatic rings. The van der Waals surface area contributed by atoms with Crippen molar-refractivity contribution >= 4 is 33.7 Å². The van der Waals surface area contributed by atoms with Crippen LogP contribution in [0.1, 0.15) is 18.9 Å². The van der Waals surface area contributed by atoms with E-state index in [1.165, 1.54) is 6.08 Å². The van der Waals surface area contributed by atoms with Crippen LogP contribution in [0.5, 0.6) is 0 Å². The van der Waals surface area contributed by atoms with Crippen LogP contribution in [-0.2, 0) is 14.8 Å². The molecule has 7 heteroatoms. The Morgan fingerprint density at radius 2 is 2.00 bits per heavy atom. The molecular formula is C14H16ClNO4S. The molecule has 2 unspecified atom stereocenters. The van der Waals surface area contributed by atoms with Gasteiger partial charge in [0.1, 0.15) is 6.04 Å². The van der Waals surface area contributed by atoms with Gasteiger partial charge in [-0.1, -0.05) is 30.7 Å². The van der Waals surface area contributed by atoms with Crippen molar-refractivity contribution in [1.29, 1.82) is 0 Å². The van der Waals surface area contributed by atoms with Crippen molar-refractivity contribution in [3.05, 3.63) is 40.3 Å². The molecule has 1 aromatic carbocycles. The monoisotopic (exact) mass is 329 g/mol. The normalized spacial score (nSPS) is 23.7. The fraction of sp³-hybridized carbons (Fsp3) is 0.357. The summed E-state index contributed by atoms with van der Waals surface area (Å²) in [7, 11) is -3.76. The van der Waals surface area contributed by atoms with Crippen molar-refractivity contribution in [2.75, 3.05) is 6.54 Å². The molecule has 0 aliphatic carbocycles. The van der Waals surface area contributed by atoms with E-state index >= 15 is 0 Å². The van der Waals surface area contributed by atoms with Gasteiger partial charge in [0.15, 0.2) is 0 Å². The van der Waals surface area contributed by atoms with E-state index in [1.807, 2.05) is 0 Å². The van der Waals surface area contributed by atoms with Crippen molar-refractivity contribution in [2.24, 2.45) is 5.92 Å². The van der Waals surface area contributed by atoms with Gasteiger partial charge in [-0.3, -0.25) is 4.79 Å². The van der Waals surface area contributed by atoms with Gasteiger partial charge in [0.05, 0.1) is 0 Å². The van der Waals surface area contributed by atoms with E-state index in [0.29, 0.717) is 17.0 Å². The summed E-state index contributed by atoms with van der Waals surface area (Å²) >= 11 is 5.76. The molecule has 1 aromatic rings. The van der Waals surface area contributed by atoms with E-state index < -0.39 is 22.0 Å². The molecule has 0 amide bonds. The molecule has 1 heterocycles. The molecule has 1 saturated heterocycles. The van der Waals surface area contributed by atoms with Crippen molar-refractivity contribution in [1.82, 2.24) is 4.31 Å². The smallest absolute Gasteiger partial charge is 0.322 e. The number of nitrogens with zero attached hydrogens (tertiary/aromatic N) is 1. The molecule has 0 aromatic heterocycles. The highest BCUT2D eigenvalue weighted by atomic mass is 35.5. The van der Waals surface area contributed by atoms with Gasteiger partial charge in [0.25, 0.3) is 0 Å². The Labute approximate surface area is 128 Å². The van der Waals surface area contributed by atoms with E-state index in [9.17, 15) is 18.3 Å². The van der Waals surface area contributed by atoms with E-state index in [0.717, 1.165) is 9.71 Å². The molecule has 1 N–H and O–H groups in total. The van der Waals surface area contributed by atoms with E-state index in [2.05, 4.69) is 0 Å². The zero-order valence-electron chi connectivity index (χ0n) is 11.4. The average molecular weight is 330 g/mol. The van der Waals surface area contributed by atoms with Crippen LogP contribution in [0, 0.1) is 5.92 Å². The van der Waals surface area contributed by atoms with Gasteiger partial charge in [-0.05, 0) is 36.1 Å². The van der Waals surface area contributed by atoms with Gasteiger partial charge in [0.2, 0.25) is 10.0 Å². The molecule has 0 saturated carbocycles. The molecule has 0 bridgehead atoms. The standard InChI is InChI=1S/C14H16ClNO4S/c1-10-6-8-16(13(10)14(17)18)21(19,20)9-7-11-2-4-12(15)5-3-11/h2-5,7,9-10,13H,6,8H2,1H3,(H,17,18)/b9-7+. The molecule has 0 spiro atoms. The van der Waals surface area contributed by atoms with Gasteiger partial charge in [-0.15, -0.1) is 0 Å². The molecular weight excluding hydrogens is 314 g/mol. The number of carboxylic acid groups (broad SMARTS) is 1. The molecule has 0 radical (unpaired) electrons. The Balaban J connectivity index is 2.22. The Bertz CT molecular complexity index is 654.